The summed E-state index contributed by atoms with van der Waals surface area (Å²) in [5, 5.41) is 18.2. The van der Waals surface area contributed by atoms with Crippen LogP contribution in [0.3, 0.4) is 0 Å². The monoisotopic (exact) mass is 667 g/mol. The summed E-state index contributed by atoms with van der Waals surface area (Å²) < 4.78 is 0. The maximum atomic E-state index is 13.9. The predicted octanol–water partition coefficient (Wildman–Crippen LogP) is -0.139. The Morgan fingerprint density at radius 2 is 1.25 bits per heavy atom. The molecule has 14 nitrogen and oxygen atoms in total. The molecule has 4 atom stereocenters. The Hall–Kier alpha value is -4.69. The average Bonchev–Trinajstić information content (AvgIpc) is 3.00. The molecule has 0 aliphatic heterocycles. The Labute approximate surface area is 282 Å². The van der Waals surface area contributed by atoms with Gasteiger partial charge in [0.25, 0.3) is 0 Å². The molecule has 0 fully saturated rings. The van der Waals surface area contributed by atoms with Gasteiger partial charge >= 0.3 is 0 Å². The van der Waals surface area contributed by atoms with Gasteiger partial charge in [0.05, 0.1) is 6.04 Å². The number of rotatable bonds is 19. The van der Waals surface area contributed by atoms with Gasteiger partial charge in [-0.05, 0) is 118 Å². The van der Waals surface area contributed by atoms with Crippen molar-refractivity contribution in [2.24, 2.45) is 33.7 Å². The van der Waals surface area contributed by atoms with Crippen LogP contribution in [0.4, 0.5) is 0 Å². The molecular weight excluding hydrogens is 614 g/mol. The van der Waals surface area contributed by atoms with E-state index in [1.807, 2.05) is 45.9 Å². The van der Waals surface area contributed by atoms with Gasteiger partial charge in [-0.15, -0.1) is 0 Å². The van der Waals surface area contributed by atoms with Crippen molar-refractivity contribution in [2.45, 2.75) is 96.8 Å². The number of nitrogens with two attached hydrogens (primary N) is 5. The molecule has 0 saturated heterocycles. The average molecular weight is 668 g/mol. The lowest BCUT2D eigenvalue weighted by Gasteiger charge is -2.26. The molecule has 0 radical (unpaired) electrons. The van der Waals surface area contributed by atoms with Gasteiger partial charge in [0.15, 0.2) is 5.96 Å². The summed E-state index contributed by atoms with van der Waals surface area (Å²) in [4.78, 5) is 57.1. The molecule has 0 saturated carbocycles. The first-order valence-corrected chi connectivity index (χ1v) is 16.2. The molecule has 14 heteroatoms. The highest BCUT2D eigenvalue weighted by Gasteiger charge is 2.31. The zero-order chi connectivity index (χ0) is 36.0. The van der Waals surface area contributed by atoms with Crippen LogP contribution >= 0.6 is 0 Å². The molecule has 2 aromatic rings. The van der Waals surface area contributed by atoms with Gasteiger partial charge in [-0.2, -0.15) is 0 Å². The lowest BCUT2D eigenvalue weighted by atomic mass is 9.95. The lowest BCUT2D eigenvalue weighted by molar-refractivity contribution is -0.133. The second-order valence-electron chi connectivity index (χ2n) is 12.3. The van der Waals surface area contributed by atoms with Crippen molar-refractivity contribution in [1.29, 1.82) is 0 Å². The first-order chi connectivity index (χ1) is 22.6. The zero-order valence-corrected chi connectivity index (χ0v) is 28.5. The molecule has 0 aliphatic rings. The molecule has 14 N–H and O–H groups in total. The van der Waals surface area contributed by atoms with Crippen LogP contribution in [0.1, 0.15) is 65.5 Å². The van der Waals surface area contributed by atoms with Crippen molar-refractivity contribution in [1.82, 2.24) is 16.0 Å². The van der Waals surface area contributed by atoms with Crippen LogP contribution < -0.4 is 44.6 Å². The Balaban J connectivity index is 2.35. The highest BCUT2D eigenvalue weighted by molar-refractivity contribution is 5.94. The van der Waals surface area contributed by atoms with Crippen molar-refractivity contribution < 1.29 is 24.3 Å². The van der Waals surface area contributed by atoms with E-state index < -0.39 is 47.8 Å². The summed E-state index contributed by atoms with van der Waals surface area (Å²) in [6.07, 6.45) is 2.28. The predicted molar refractivity (Wildman–Crippen MR) is 187 cm³/mol. The van der Waals surface area contributed by atoms with Gasteiger partial charge in [-0.25, -0.2) is 0 Å². The van der Waals surface area contributed by atoms with E-state index in [9.17, 15) is 24.3 Å². The van der Waals surface area contributed by atoms with Gasteiger partial charge in [0, 0.05) is 13.0 Å². The van der Waals surface area contributed by atoms with E-state index in [1.54, 1.807) is 12.1 Å². The molecule has 48 heavy (non-hydrogen) atoms. The standard InChI is InChI=1S/C34H53N9O5/c1-19-9-7-10-20(2)25(19)18-29(33(48)41-27(30(37)45)11-5-6-13-35)43-32(47)28(12-8-14-40-34(38)39)42-31(46)26(36)17-24-21(3)15-23(44)16-22(24)4/h7,9-10,15-16,26-29,44H,5-6,8,11-14,17-18,35-36H2,1-4H3,(H2,37,45)(H,41,48)(H,42,46)(H,43,47)(H4,38,39,40)/t26-,27-,28+,29-/m0/s1. The van der Waals surface area contributed by atoms with Gasteiger partial charge in [-0.3, -0.25) is 24.2 Å². The summed E-state index contributed by atoms with van der Waals surface area (Å²) >= 11 is 0. The molecule has 264 valence electrons. The fourth-order valence-corrected chi connectivity index (χ4v) is 5.56. The van der Waals surface area contributed by atoms with Crippen LogP contribution in [0.5, 0.6) is 5.75 Å². The van der Waals surface area contributed by atoms with Crippen LogP contribution in [0.2, 0.25) is 0 Å². The summed E-state index contributed by atoms with van der Waals surface area (Å²) in [6.45, 7) is 8.07. The third-order valence-electron chi connectivity index (χ3n) is 8.31. The number of aryl methyl sites for hydroxylation is 4. The molecule has 0 heterocycles. The van der Waals surface area contributed by atoms with Crippen LogP contribution in [0.15, 0.2) is 35.3 Å². The molecule has 0 aromatic heterocycles. The molecule has 0 spiro atoms. The van der Waals surface area contributed by atoms with E-state index in [2.05, 4.69) is 20.9 Å². The first kappa shape index (κ1) is 39.5. The number of aromatic hydroxyl groups is 1. The number of amides is 4. The third kappa shape index (κ3) is 12.5. The number of carbonyl (C=O) groups excluding carboxylic acids is 4. The van der Waals surface area contributed by atoms with Crippen molar-refractivity contribution in [2.75, 3.05) is 13.1 Å². The Bertz CT molecular complexity index is 1420. The highest BCUT2D eigenvalue weighted by atomic mass is 16.3. The van der Waals surface area contributed by atoms with E-state index in [1.165, 1.54) is 0 Å². The molecule has 0 aliphatic carbocycles. The number of benzene rings is 2. The minimum Gasteiger partial charge on any atom is -0.508 e. The Morgan fingerprint density at radius 1 is 0.729 bits per heavy atom. The number of guanidine groups is 1. The highest BCUT2D eigenvalue weighted by Crippen LogP contribution is 2.22. The van der Waals surface area contributed by atoms with Gasteiger partial charge in [0.2, 0.25) is 23.6 Å². The van der Waals surface area contributed by atoms with Crippen LogP contribution in [-0.4, -0.2) is 72.0 Å². The number of hydrogen-bond acceptors (Lipinski definition) is 8. The maximum Gasteiger partial charge on any atom is 0.243 e. The van der Waals surface area contributed by atoms with E-state index in [0.717, 1.165) is 33.4 Å². The number of unbranched alkanes of at least 4 members (excludes halogenated alkanes) is 1. The smallest absolute Gasteiger partial charge is 0.243 e. The van der Waals surface area contributed by atoms with Gasteiger partial charge in [0.1, 0.15) is 23.9 Å². The number of nitrogens with one attached hydrogen (secondary N) is 3. The molecular formula is C34H53N9O5. The van der Waals surface area contributed by atoms with E-state index >= 15 is 0 Å². The number of phenolic OH excluding ortho intramolecular Hbond substituents is 1. The Morgan fingerprint density at radius 3 is 1.81 bits per heavy atom. The number of carbonyl (C=O) groups is 4. The van der Waals surface area contributed by atoms with E-state index in [0.29, 0.717) is 32.2 Å². The molecule has 4 amide bonds. The minimum atomic E-state index is -1.11. The molecule has 0 unspecified atom stereocenters. The maximum absolute atomic E-state index is 13.9. The van der Waals surface area contributed by atoms with Crippen molar-refractivity contribution >= 4 is 29.6 Å². The zero-order valence-electron chi connectivity index (χ0n) is 28.5. The van der Waals surface area contributed by atoms with E-state index in [4.69, 9.17) is 28.7 Å². The number of nitrogens with zero attached hydrogens (tertiary/aromatic N) is 1. The second kappa shape index (κ2) is 19.2. The number of hydrogen-bond donors (Lipinski definition) is 9. The number of primary amides is 1. The normalized spacial score (nSPS) is 13.5. The third-order valence-corrected chi connectivity index (χ3v) is 8.31. The van der Waals surface area contributed by atoms with Crippen molar-refractivity contribution in [3.8, 4) is 5.75 Å². The summed E-state index contributed by atoms with van der Waals surface area (Å²) in [7, 11) is 0. The van der Waals surface area contributed by atoms with Crippen molar-refractivity contribution in [3.05, 3.63) is 63.7 Å². The SMILES string of the molecule is Cc1cccc(C)c1C[C@H](NC(=O)[C@@H](CCCN=C(N)N)NC(=O)[C@@H](N)Cc1c(C)cc(O)cc1C)C(=O)N[C@@H](CCCCN)C(N)=O. The molecule has 2 aromatic carbocycles. The quantitative estimate of drug-likeness (QED) is 0.0547. The molecule has 0 bridgehead atoms. The van der Waals surface area contributed by atoms with E-state index in [-0.39, 0.29) is 37.5 Å². The van der Waals surface area contributed by atoms with Crippen LogP contribution in [0.25, 0.3) is 0 Å². The topological polar surface area (TPSA) is 267 Å². The fraction of sp³-hybridized carbons (Fsp3) is 0.500. The largest absolute Gasteiger partial charge is 0.508 e. The van der Waals surface area contributed by atoms with Crippen molar-refractivity contribution in [3.63, 3.8) is 0 Å². The second-order valence-corrected chi connectivity index (χ2v) is 12.3. The summed E-state index contributed by atoms with van der Waals surface area (Å²) in [5.41, 5.74) is 33.5. The number of phenols is 1. The minimum absolute atomic E-state index is 0.109. The summed E-state index contributed by atoms with van der Waals surface area (Å²) in [5.74, 6) is -2.49. The van der Waals surface area contributed by atoms with Gasteiger partial charge in [-0.1, -0.05) is 18.2 Å². The molecule has 2 rings (SSSR count). The Kier molecular flexibility index (Phi) is 15.8. The van der Waals surface area contributed by atoms with Crippen LogP contribution in [0, 0.1) is 27.7 Å². The first-order valence-electron chi connectivity index (χ1n) is 16.2. The lowest BCUT2D eigenvalue weighted by Crippen LogP contribution is -2.58. The van der Waals surface area contributed by atoms with Crippen LogP contribution in [-0.2, 0) is 32.0 Å². The van der Waals surface area contributed by atoms with Gasteiger partial charge < -0.3 is 49.7 Å². The number of aliphatic imine (C=N–C) groups is 1. The summed E-state index contributed by atoms with van der Waals surface area (Å²) in [6, 6.07) is 4.72. The fourth-order valence-electron chi connectivity index (χ4n) is 5.56.